The minimum Gasteiger partial charge on any atom is -0.355 e. The van der Waals surface area contributed by atoms with Gasteiger partial charge in [0.25, 0.3) is 0 Å². The fourth-order valence-electron chi connectivity index (χ4n) is 4.12. The molecule has 0 aromatic carbocycles. The van der Waals surface area contributed by atoms with E-state index in [1.54, 1.807) is 0 Å². The summed E-state index contributed by atoms with van der Waals surface area (Å²) < 4.78 is 1.93. The molecule has 1 aliphatic carbocycles. The highest BCUT2D eigenvalue weighted by atomic mass is 32.2. The number of piperidine rings is 1. The lowest BCUT2D eigenvalue weighted by Crippen LogP contribution is -2.40. The first kappa shape index (κ1) is 17.3. The predicted octanol–water partition coefficient (Wildman–Crippen LogP) is 2.18. The van der Waals surface area contributed by atoms with Crippen molar-refractivity contribution in [3.63, 3.8) is 0 Å². The molecule has 0 spiro atoms. The molecule has 5 rings (SSSR count). The van der Waals surface area contributed by atoms with Crippen molar-refractivity contribution < 1.29 is 4.79 Å². The van der Waals surface area contributed by atoms with E-state index >= 15 is 0 Å². The van der Waals surface area contributed by atoms with Crippen LogP contribution in [-0.2, 0) is 4.79 Å². The maximum atomic E-state index is 12.5. The lowest BCUT2D eigenvalue weighted by atomic mass is 9.93. The SMILES string of the molecule is O=C(CC1CCN(c2ccc3nnc(C4CC4)n3n2)CC1)N1CCSCC1. The average molecular weight is 387 g/mol. The van der Waals surface area contributed by atoms with Crippen LogP contribution in [0.2, 0.25) is 0 Å². The molecule has 2 saturated heterocycles. The zero-order chi connectivity index (χ0) is 18.2. The molecule has 0 unspecified atom stereocenters. The van der Waals surface area contributed by atoms with Gasteiger partial charge in [0.05, 0.1) is 0 Å². The van der Waals surface area contributed by atoms with Crippen molar-refractivity contribution in [3.05, 3.63) is 18.0 Å². The van der Waals surface area contributed by atoms with Crippen molar-refractivity contribution in [1.29, 1.82) is 0 Å². The van der Waals surface area contributed by atoms with Gasteiger partial charge >= 0.3 is 0 Å². The average Bonchev–Trinajstić information content (AvgIpc) is 3.48. The number of aromatic nitrogens is 4. The molecule has 0 atom stereocenters. The number of hydrogen-bond donors (Lipinski definition) is 0. The Bertz CT molecular complexity index is 821. The van der Waals surface area contributed by atoms with Gasteiger partial charge in [-0.3, -0.25) is 4.79 Å². The fourth-order valence-corrected chi connectivity index (χ4v) is 5.02. The van der Waals surface area contributed by atoms with E-state index in [-0.39, 0.29) is 0 Å². The number of fused-ring (bicyclic) bond motifs is 1. The van der Waals surface area contributed by atoms with Crippen LogP contribution in [0.5, 0.6) is 0 Å². The molecule has 27 heavy (non-hydrogen) atoms. The van der Waals surface area contributed by atoms with Gasteiger partial charge in [-0.15, -0.1) is 15.3 Å². The number of nitrogens with zero attached hydrogens (tertiary/aromatic N) is 6. The number of thioether (sulfide) groups is 1. The molecule has 7 nitrogen and oxygen atoms in total. The monoisotopic (exact) mass is 386 g/mol. The van der Waals surface area contributed by atoms with Gasteiger partial charge in [-0.05, 0) is 43.7 Å². The second-order valence-electron chi connectivity index (χ2n) is 7.92. The highest BCUT2D eigenvalue weighted by Gasteiger charge is 2.30. The first-order chi connectivity index (χ1) is 13.3. The Morgan fingerprint density at radius 2 is 1.81 bits per heavy atom. The fraction of sp³-hybridized carbons (Fsp3) is 0.684. The van der Waals surface area contributed by atoms with Gasteiger partial charge in [0.1, 0.15) is 5.82 Å². The van der Waals surface area contributed by atoms with E-state index in [4.69, 9.17) is 5.10 Å². The molecule has 8 heteroatoms. The van der Waals surface area contributed by atoms with Crippen molar-refractivity contribution in [1.82, 2.24) is 24.7 Å². The van der Waals surface area contributed by atoms with Gasteiger partial charge in [-0.25, -0.2) is 0 Å². The second kappa shape index (κ2) is 7.30. The van der Waals surface area contributed by atoms with Crippen molar-refractivity contribution in [2.45, 2.75) is 38.0 Å². The number of anilines is 1. The van der Waals surface area contributed by atoms with Crippen molar-refractivity contribution >= 4 is 29.1 Å². The molecule has 4 heterocycles. The Morgan fingerprint density at radius 1 is 1.04 bits per heavy atom. The summed E-state index contributed by atoms with van der Waals surface area (Å²) in [7, 11) is 0. The van der Waals surface area contributed by atoms with Crippen LogP contribution >= 0.6 is 11.8 Å². The van der Waals surface area contributed by atoms with E-state index < -0.39 is 0 Å². The molecule has 2 aromatic heterocycles. The van der Waals surface area contributed by atoms with Gasteiger partial charge in [-0.2, -0.15) is 16.3 Å². The first-order valence-corrected chi connectivity index (χ1v) is 11.3. The number of hydrogen-bond acceptors (Lipinski definition) is 6. The summed E-state index contributed by atoms with van der Waals surface area (Å²) >= 11 is 1.95. The van der Waals surface area contributed by atoms with Crippen LogP contribution in [0.4, 0.5) is 5.82 Å². The summed E-state index contributed by atoms with van der Waals surface area (Å²) in [6, 6.07) is 4.07. The van der Waals surface area contributed by atoms with E-state index in [2.05, 4.69) is 26.1 Å². The van der Waals surface area contributed by atoms with Gasteiger partial charge < -0.3 is 9.80 Å². The molecule has 1 saturated carbocycles. The van der Waals surface area contributed by atoms with Crippen LogP contribution in [0.15, 0.2) is 12.1 Å². The Balaban J connectivity index is 1.21. The topological polar surface area (TPSA) is 66.6 Å². The summed E-state index contributed by atoms with van der Waals surface area (Å²) in [5.74, 6) is 5.58. The molecule has 2 aliphatic heterocycles. The van der Waals surface area contributed by atoms with Crippen LogP contribution in [-0.4, -0.2) is 68.3 Å². The largest absolute Gasteiger partial charge is 0.355 e. The maximum Gasteiger partial charge on any atom is 0.222 e. The third kappa shape index (κ3) is 3.63. The quantitative estimate of drug-likeness (QED) is 0.802. The normalized spacial score (nSPS) is 21.8. The highest BCUT2D eigenvalue weighted by Crippen LogP contribution is 2.38. The summed E-state index contributed by atoms with van der Waals surface area (Å²) in [5.41, 5.74) is 0.834. The Hall–Kier alpha value is -1.83. The van der Waals surface area contributed by atoms with E-state index in [1.165, 1.54) is 12.8 Å². The second-order valence-corrected chi connectivity index (χ2v) is 9.15. The van der Waals surface area contributed by atoms with Gasteiger partial charge in [-0.1, -0.05) is 0 Å². The first-order valence-electron chi connectivity index (χ1n) is 10.1. The lowest BCUT2D eigenvalue weighted by molar-refractivity contribution is -0.132. The van der Waals surface area contributed by atoms with Crippen LogP contribution in [0, 0.1) is 5.92 Å². The zero-order valence-electron chi connectivity index (χ0n) is 15.6. The molecule has 0 radical (unpaired) electrons. The zero-order valence-corrected chi connectivity index (χ0v) is 16.4. The summed E-state index contributed by atoms with van der Waals surface area (Å²) in [6.45, 7) is 3.78. The molecule has 3 aliphatic rings. The molecule has 0 N–H and O–H groups in total. The minimum atomic E-state index is 0.354. The van der Waals surface area contributed by atoms with Crippen molar-refractivity contribution in [2.75, 3.05) is 42.6 Å². The van der Waals surface area contributed by atoms with Crippen LogP contribution in [0.1, 0.15) is 43.8 Å². The lowest BCUT2D eigenvalue weighted by Gasteiger charge is -2.34. The van der Waals surface area contributed by atoms with E-state index in [0.717, 1.165) is 67.8 Å². The molecule has 0 bridgehead atoms. The Kier molecular flexibility index (Phi) is 4.67. The van der Waals surface area contributed by atoms with Crippen molar-refractivity contribution in [3.8, 4) is 0 Å². The third-order valence-corrected chi connectivity index (χ3v) is 6.92. The third-order valence-electron chi connectivity index (χ3n) is 5.98. The standard InChI is InChI=1S/C19H26N6OS/c26-18(24-9-11-27-12-10-24)13-14-5-7-23(8-6-14)17-4-3-16-20-21-19(15-1-2-15)25(16)22-17/h3-4,14-15H,1-2,5-13H2. The Morgan fingerprint density at radius 3 is 2.56 bits per heavy atom. The predicted molar refractivity (Wildman–Crippen MR) is 106 cm³/mol. The van der Waals surface area contributed by atoms with Crippen LogP contribution in [0.3, 0.4) is 0 Å². The van der Waals surface area contributed by atoms with Crippen LogP contribution in [0.25, 0.3) is 5.65 Å². The molecule has 2 aromatic rings. The number of carbonyl (C=O) groups excluding carboxylic acids is 1. The summed E-state index contributed by atoms with van der Waals surface area (Å²) in [6.07, 6.45) is 5.23. The maximum absolute atomic E-state index is 12.5. The molecule has 1 amide bonds. The molecular weight excluding hydrogens is 360 g/mol. The van der Waals surface area contributed by atoms with Crippen molar-refractivity contribution in [2.24, 2.45) is 5.92 Å². The highest BCUT2D eigenvalue weighted by molar-refractivity contribution is 7.99. The number of amides is 1. The van der Waals surface area contributed by atoms with Gasteiger partial charge in [0.15, 0.2) is 11.5 Å². The molecular formula is C19H26N6OS. The van der Waals surface area contributed by atoms with Gasteiger partial charge in [0.2, 0.25) is 5.91 Å². The number of rotatable bonds is 4. The molecule has 3 fully saturated rings. The summed E-state index contributed by atoms with van der Waals surface area (Å²) in [5, 5.41) is 13.4. The van der Waals surface area contributed by atoms with E-state index in [0.29, 0.717) is 24.2 Å². The number of carbonyl (C=O) groups is 1. The smallest absolute Gasteiger partial charge is 0.222 e. The summed E-state index contributed by atoms with van der Waals surface area (Å²) in [4.78, 5) is 16.9. The van der Waals surface area contributed by atoms with Gasteiger partial charge in [0, 0.05) is 50.0 Å². The van der Waals surface area contributed by atoms with Crippen LogP contribution < -0.4 is 4.90 Å². The minimum absolute atomic E-state index is 0.354. The molecule has 144 valence electrons. The van der Waals surface area contributed by atoms with E-state index in [9.17, 15) is 4.79 Å². The van der Waals surface area contributed by atoms with E-state index in [1.807, 2.05) is 22.3 Å². The Labute approximate surface area is 163 Å².